The van der Waals surface area contributed by atoms with Crippen molar-refractivity contribution in [3.8, 4) is 0 Å². The average molecular weight is 379 g/mol. The molecule has 0 radical (unpaired) electrons. The highest BCUT2D eigenvalue weighted by Gasteiger charge is 2.24. The van der Waals surface area contributed by atoms with E-state index < -0.39 is 0 Å². The SMILES string of the molecule is C=CCn1c(SCCC[C@@H](C)O)nc2sc3c(c2c1=O)CC[C@H](C)C3. The van der Waals surface area contributed by atoms with Crippen LogP contribution in [0.15, 0.2) is 22.6 Å². The van der Waals surface area contributed by atoms with Crippen LogP contribution in [0.25, 0.3) is 10.2 Å². The normalized spacial score (nSPS) is 18.3. The minimum absolute atomic E-state index is 0.0787. The first-order valence-corrected chi connectivity index (χ1v) is 10.8. The van der Waals surface area contributed by atoms with Gasteiger partial charge < -0.3 is 5.11 Å². The number of nitrogens with zero attached hydrogens (tertiary/aromatic N) is 2. The van der Waals surface area contributed by atoms with Gasteiger partial charge in [-0.3, -0.25) is 9.36 Å². The number of thiophene rings is 1. The first-order chi connectivity index (χ1) is 12.0. The summed E-state index contributed by atoms with van der Waals surface area (Å²) < 4.78 is 1.76. The summed E-state index contributed by atoms with van der Waals surface area (Å²) in [5.41, 5.74) is 1.31. The smallest absolute Gasteiger partial charge is 0.263 e. The zero-order valence-corrected chi connectivity index (χ0v) is 16.6. The van der Waals surface area contributed by atoms with Crippen LogP contribution in [-0.4, -0.2) is 26.5 Å². The van der Waals surface area contributed by atoms with E-state index in [9.17, 15) is 9.90 Å². The van der Waals surface area contributed by atoms with Gasteiger partial charge in [-0.25, -0.2) is 4.98 Å². The Bertz CT molecular complexity index is 823. The summed E-state index contributed by atoms with van der Waals surface area (Å²) in [6, 6.07) is 0. The van der Waals surface area contributed by atoms with E-state index >= 15 is 0 Å². The summed E-state index contributed by atoms with van der Waals surface area (Å²) in [5.74, 6) is 1.53. The molecule has 0 saturated carbocycles. The molecule has 2 aromatic rings. The summed E-state index contributed by atoms with van der Waals surface area (Å²) in [4.78, 5) is 20.2. The first kappa shape index (κ1) is 18.7. The summed E-state index contributed by atoms with van der Waals surface area (Å²) >= 11 is 3.30. The van der Waals surface area contributed by atoms with E-state index in [-0.39, 0.29) is 11.7 Å². The summed E-state index contributed by atoms with van der Waals surface area (Å²) in [5, 5.41) is 11.0. The minimum atomic E-state index is -0.280. The largest absolute Gasteiger partial charge is 0.393 e. The molecule has 136 valence electrons. The second-order valence-electron chi connectivity index (χ2n) is 6.97. The Morgan fingerprint density at radius 1 is 1.56 bits per heavy atom. The molecule has 0 bridgehead atoms. The Morgan fingerprint density at radius 2 is 2.36 bits per heavy atom. The van der Waals surface area contributed by atoms with E-state index in [2.05, 4.69) is 13.5 Å². The fourth-order valence-corrected chi connectivity index (χ4v) is 5.74. The maximum Gasteiger partial charge on any atom is 0.263 e. The second-order valence-corrected chi connectivity index (χ2v) is 9.12. The lowest BCUT2D eigenvalue weighted by atomic mass is 9.89. The molecule has 4 nitrogen and oxygen atoms in total. The standard InChI is InChI=1S/C19H26N2O2S2/c1-4-9-21-18(23)16-14-8-7-12(2)11-15(14)25-17(16)20-19(21)24-10-5-6-13(3)22/h4,12-13,22H,1,5-11H2,2-3H3/t12-,13+/m0/s1. The molecule has 1 aliphatic rings. The molecular formula is C19H26N2O2S2. The molecule has 0 aliphatic heterocycles. The molecule has 2 atom stereocenters. The van der Waals surface area contributed by atoms with E-state index in [1.165, 1.54) is 10.4 Å². The van der Waals surface area contributed by atoms with E-state index in [1.807, 2.05) is 0 Å². The van der Waals surface area contributed by atoms with Gasteiger partial charge in [0.1, 0.15) is 4.83 Å². The van der Waals surface area contributed by atoms with Gasteiger partial charge in [-0.15, -0.1) is 17.9 Å². The number of aryl methyl sites for hydroxylation is 1. The highest BCUT2D eigenvalue weighted by atomic mass is 32.2. The van der Waals surface area contributed by atoms with Gasteiger partial charge in [-0.05, 0) is 50.5 Å². The van der Waals surface area contributed by atoms with Gasteiger partial charge in [0, 0.05) is 17.2 Å². The van der Waals surface area contributed by atoms with Crippen molar-refractivity contribution in [3.05, 3.63) is 33.4 Å². The molecular weight excluding hydrogens is 352 g/mol. The number of allylic oxidation sites excluding steroid dienone is 1. The van der Waals surface area contributed by atoms with Crippen LogP contribution in [-0.2, 0) is 19.4 Å². The molecule has 0 spiro atoms. The van der Waals surface area contributed by atoms with Crippen LogP contribution in [0.3, 0.4) is 0 Å². The number of rotatable bonds is 7. The van der Waals surface area contributed by atoms with Gasteiger partial charge in [0.25, 0.3) is 5.56 Å². The molecule has 3 rings (SSSR count). The fourth-order valence-electron chi connectivity index (χ4n) is 3.35. The molecule has 0 saturated heterocycles. The predicted octanol–water partition coefficient (Wildman–Crippen LogP) is 4.02. The lowest BCUT2D eigenvalue weighted by molar-refractivity contribution is 0.184. The van der Waals surface area contributed by atoms with Crippen molar-refractivity contribution in [2.24, 2.45) is 5.92 Å². The zero-order valence-electron chi connectivity index (χ0n) is 15.0. The molecule has 0 unspecified atom stereocenters. The third-order valence-electron chi connectivity index (χ3n) is 4.69. The van der Waals surface area contributed by atoms with Gasteiger partial charge in [-0.2, -0.15) is 0 Å². The van der Waals surface area contributed by atoms with Crippen LogP contribution >= 0.6 is 23.1 Å². The van der Waals surface area contributed by atoms with Crippen molar-refractivity contribution >= 4 is 33.3 Å². The monoisotopic (exact) mass is 378 g/mol. The summed E-state index contributed by atoms with van der Waals surface area (Å²) in [6.07, 6.45) is 6.36. The van der Waals surface area contributed by atoms with E-state index in [0.717, 1.165) is 53.2 Å². The van der Waals surface area contributed by atoms with Crippen molar-refractivity contribution in [1.82, 2.24) is 9.55 Å². The third kappa shape index (κ3) is 4.01. The average Bonchev–Trinajstić information content (AvgIpc) is 2.92. The molecule has 1 aliphatic carbocycles. The topological polar surface area (TPSA) is 55.1 Å². The van der Waals surface area contributed by atoms with Crippen molar-refractivity contribution in [2.75, 3.05) is 5.75 Å². The van der Waals surface area contributed by atoms with Gasteiger partial charge in [0.05, 0.1) is 11.5 Å². The molecule has 6 heteroatoms. The Kier molecular flexibility index (Phi) is 6.02. The molecule has 2 heterocycles. The maximum absolute atomic E-state index is 13.1. The van der Waals surface area contributed by atoms with Crippen LogP contribution in [0.2, 0.25) is 0 Å². The second kappa shape index (κ2) is 8.06. The molecule has 25 heavy (non-hydrogen) atoms. The Morgan fingerprint density at radius 3 is 3.08 bits per heavy atom. The number of aliphatic hydroxyl groups is 1. The van der Waals surface area contributed by atoms with Crippen LogP contribution in [0, 0.1) is 5.92 Å². The van der Waals surface area contributed by atoms with Crippen LogP contribution < -0.4 is 5.56 Å². The van der Waals surface area contributed by atoms with Crippen LogP contribution in [0.4, 0.5) is 0 Å². The van der Waals surface area contributed by atoms with Crippen LogP contribution in [0.5, 0.6) is 0 Å². The maximum atomic E-state index is 13.1. The van der Waals surface area contributed by atoms with Crippen molar-refractivity contribution < 1.29 is 5.11 Å². The van der Waals surface area contributed by atoms with Crippen molar-refractivity contribution in [1.29, 1.82) is 0 Å². The lowest BCUT2D eigenvalue weighted by Gasteiger charge is -2.17. The lowest BCUT2D eigenvalue weighted by Crippen LogP contribution is -2.23. The Hall–Kier alpha value is -1.11. The first-order valence-electron chi connectivity index (χ1n) is 8.98. The molecule has 2 aromatic heterocycles. The number of thioether (sulfide) groups is 1. The van der Waals surface area contributed by atoms with Gasteiger partial charge in [0.2, 0.25) is 0 Å². The number of aliphatic hydroxyl groups excluding tert-OH is 1. The van der Waals surface area contributed by atoms with E-state index in [1.54, 1.807) is 40.7 Å². The highest BCUT2D eigenvalue weighted by Crippen LogP contribution is 2.36. The third-order valence-corrected chi connectivity index (χ3v) is 6.90. The Labute approximate surface area is 157 Å². The predicted molar refractivity (Wildman–Crippen MR) is 107 cm³/mol. The fraction of sp³-hybridized carbons (Fsp3) is 0.579. The Balaban J connectivity index is 1.97. The number of hydrogen-bond donors (Lipinski definition) is 1. The zero-order chi connectivity index (χ0) is 18.0. The van der Waals surface area contributed by atoms with Gasteiger partial charge in [0.15, 0.2) is 5.16 Å². The van der Waals surface area contributed by atoms with E-state index in [4.69, 9.17) is 4.98 Å². The minimum Gasteiger partial charge on any atom is -0.393 e. The number of fused-ring (bicyclic) bond motifs is 3. The summed E-state index contributed by atoms with van der Waals surface area (Å²) in [6.45, 7) is 8.37. The van der Waals surface area contributed by atoms with Gasteiger partial charge in [-0.1, -0.05) is 24.8 Å². The number of hydrogen-bond acceptors (Lipinski definition) is 5. The quantitative estimate of drug-likeness (QED) is 0.342. The molecule has 1 N–H and O–H groups in total. The molecule has 0 aromatic carbocycles. The molecule has 0 fully saturated rings. The van der Waals surface area contributed by atoms with Crippen molar-refractivity contribution in [3.63, 3.8) is 0 Å². The number of aromatic nitrogens is 2. The summed E-state index contributed by atoms with van der Waals surface area (Å²) in [7, 11) is 0. The highest BCUT2D eigenvalue weighted by molar-refractivity contribution is 7.99. The molecule has 0 amide bonds. The van der Waals surface area contributed by atoms with Crippen molar-refractivity contribution in [2.45, 2.75) is 63.8 Å². The van der Waals surface area contributed by atoms with E-state index in [0.29, 0.717) is 12.5 Å². The van der Waals surface area contributed by atoms with Crippen LogP contribution in [0.1, 0.15) is 43.6 Å². The van der Waals surface area contributed by atoms with Gasteiger partial charge >= 0.3 is 0 Å².